The Labute approximate surface area is 126 Å². The fourth-order valence-corrected chi connectivity index (χ4v) is 2.73. The first kappa shape index (κ1) is 15.8. The molecule has 21 heavy (non-hydrogen) atoms. The lowest BCUT2D eigenvalue weighted by molar-refractivity contribution is -0.125. The molecule has 1 aliphatic heterocycles. The van der Waals surface area contributed by atoms with Crippen LogP contribution in [0.2, 0.25) is 0 Å². The van der Waals surface area contributed by atoms with Crippen LogP contribution in [-0.2, 0) is 4.79 Å². The van der Waals surface area contributed by atoms with Crippen LogP contribution in [0.25, 0.3) is 0 Å². The summed E-state index contributed by atoms with van der Waals surface area (Å²) >= 11 is 0. The molecule has 5 nitrogen and oxygen atoms in total. The van der Waals surface area contributed by atoms with Crippen molar-refractivity contribution in [3.63, 3.8) is 0 Å². The molecular formula is C16H25N3O2. The summed E-state index contributed by atoms with van der Waals surface area (Å²) in [4.78, 5) is 17.8. The molecule has 0 aromatic heterocycles. The van der Waals surface area contributed by atoms with E-state index in [-0.39, 0.29) is 5.91 Å². The molecule has 0 fully saturated rings. The Morgan fingerprint density at radius 3 is 2.62 bits per heavy atom. The fourth-order valence-electron chi connectivity index (χ4n) is 2.73. The van der Waals surface area contributed by atoms with E-state index in [9.17, 15) is 9.90 Å². The monoisotopic (exact) mass is 291 g/mol. The molecule has 1 heterocycles. The zero-order chi connectivity index (χ0) is 15.6. The molecule has 0 saturated carbocycles. The van der Waals surface area contributed by atoms with E-state index in [1.54, 1.807) is 7.05 Å². The maximum Gasteiger partial charge on any atom is 0.260 e. The first-order valence-corrected chi connectivity index (χ1v) is 7.45. The minimum absolute atomic E-state index is 0.252. The second-order valence-electron chi connectivity index (χ2n) is 5.78. The van der Waals surface area contributed by atoms with Gasteiger partial charge in [0.1, 0.15) is 0 Å². The van der Waals surface area contributed by atoms with Crippen molar-refractivity contribution in [2.75, 3.05) is 50.6 Å². The molecule has 1 aliphatic rings. The lowest BCUT2D eigenvalue weighted by Gasteiger charge is -2.25. The maximum absolute atomic E-state index is 11.8. The van der Waals surface area contributed by atoms with E-state index in [2.05, 4.69) is 30.8 Å². The molecule has 1 aromatic rings. The van der Waals surface area contributed by atoms with Crippen molar-refractivity contribution in [2.24, 2.45) is 0 Å². The average molecular weight is 291 g/mol. The standard InChI is InChI=1S/C16H25N3O2/c1-5-19(10-6-9-17(2)3)12-7-8-13-14(11-12)18(4)16(21)15(13)20/h7-8,11,15,20H,5-6,9-10H2,1-4H3. The fraction of sp³-hybridized carbons (Fsp3) is 0.562. The van der Waals surface area contributed by atoms with Crippen LogP contribution in [0.1, 0.15) is 25.0 Å². The van der Waals surface area contributed by atoms with Crippen molar-refractivity contribution < 1.29 is 9.90 Å². The number of hydrogen-bond acceptors (Lipinski definition) is 4. The van der Waals surface area contributed by atoms with E-state index >= 15 is 0 Å². The first-order chi connectivity index (χ1) is 9.95. The summed E-state index contributed by atoms with van der Waals surface area (Å²) in [6, 6.07) is 5.86. The highest BCUT2D eigenvalue weighted by Gasteiger charge is 2.33. The highest BCUT2D eigenvalue weighted by atomic mass is 16.3. The SMILES string of the molecule is CCN(CCCN(C)C)c1ccc2c(c1)N(C)C(=O)C2O. The summed E-state index contributed by atoms with van der Waals surface area (Å²) < 4.78 is 0. The van der Waals surface area contributed by atoms with Gasteiger partial charge in [-0.15, -0.1) is 0 Å². The van der Waals surface area contributed by atoms with Gasteiger partial charge in [0.25, 0.3) is 5.91 Å². The Kier molecular flexibility index (Phi) is 4.85. The van der Waals surface area contributed by atoms with E-state index in [1.165, 1.54) is 4.90 Å². The van der Waals surface area contributed by atoms with Crippen LogP contribution in [-0.4, -0.2) is 56.7 Å². The minimum Gasteiger partial charge on any atom is -0.378 e. The number of hydrogen-bond donors (Lipinski definition) is 1. The smallest absolute Gasteiger partial charge is 0.260 e. The van der Waals surface area contributed by atoms with Crippen molar-refractivity contribution >= 4 is 17.3 Å². The van der Waals surface area contributed by atoms with Gasteiger partial charge in [-0.3, -0.25) is 4.79 Å². The summed E-state index contributed by atoms with van der Waals surface area (Å²) in [6.07, 6.45) is 0.0813. The predicted octanol–water partition coefficient (Wildman–Crippen LogP) is 1.47. The number of aliphatic hydroxyl groups excluding tert-OH is 1. The quantitative estimate of drug-likeness (QED) is 0.862. The average Bonchev–Trinajstić information content (AvgIpc) is 2.68. The number of nitrogens with zero attached hydrogens (tertiary/aromatic N) is 3. The second-order valence-corrected chi connectivity index (χ2v) is 5.78. The number of rotatable bonds is 6. The number of carbonyl (C=O) groups excluding carboxylic acids is 1. The minimum atomic E-state index is -1.01. The Balaban J connectivity index is 2.15. The molecule has 0 spiro atoms. The van der Waals surface area contributed by atoms with Gasteiger partial charge in [0.15, 0.2) is 6.10 Å². The van der Waals surface area contributed by atoms with Crippen molar-refractivity contribution in [1.82, 2.24) is 4.90 Å². The lowest BCUT2D eigenvalue weighted by Crippen LogP contribution is -2.27. The molecule has 0 aliphatic carbocycles. The van der Waals surface area contributed by atoms with E-state index in [1.807, 2.05) is 18.2 Å². The van der Waals surface area contributed by atoms with Gasteiger partial charge in [-0.05, 0) is 46.1 Å². The second kappa shape index (κ2) is 6.45. The largest absolute Gasteiger partial charge is 0.378 e. The molecule has 2 rings (SSSR count). The third-order valence-electron chi connectivity index (χ3n) is 4.01. The molecule has 0 radical (unpaired) electrons. The predicted molar refractivity (Wildman–Crippen MR) is 85.9 cm³/mol. The van der Waals surface area contributed by atoms with Gasteiger partial charge < -0.3 is 19.8 Å². The van der Waals surface area contributed by atoms with E-state index in [0.29, 0.717) is 5.56 Å². The Bertz CT molecular complexity index is 516. The van der Waals surface area contributed by atoms with Gasteiger partial charge in [-0.2, -0.15) is 0 Å². The molecule has 1 amide bonds. The Hall–Kier alpha value is -1.59. The highest BCUT2D eigenvalue weighted by Crippen LogP contribution is 2.37. The van der Waals surface area contributed by atoms with Crippen LogP contribution < -0.4 is 9.80 Å². The number of anilines is 2. The molecular weight excluding hydrogens is 266 g/mol. The number of amides is 1. The summed E-state index contributed by atoms with van der Waals surface area (Å²) in [5, 5.41) is 9.90. The van der Waals surface area contributed by atoms with E-state index in [0.717, 1.165) is 37.4 Å². The van der Waals surface area contributed by atoms with Crippen LogP contribution in [0.5, 0.6) is 0 Å². The maximum atomic E-state index is 11.8. The Morgan fingerprint density at radius 1 is 1.29 bits per heavy atom. The van der Waals surface area contributed by atoms with Gasteiger partial charge in [0, 0.05) is 31.4 Å². The molecule has 116 valence electrons. The topological polar surface area (TPSA) is 47.0 Å². The van der Waals surface area contributed by atoms with Crippen molar-refractivity contribution in [3.8, 4) is 0 Å². The van der Waals surface area contributed by atoms with Crippen LogP contribution in [0, 0.1) is 0 Å². The van der Waals surface area contributed by atoms with Crippen molar-refractivity contribution in [2.45, 2.75) is 19.4 Å². The molecule has 1 unspecified atom stereocenters. The lowest BCUT2D eigenvalue weighted by atomic mass is 10.1. The van der Waals surface area contributed by atoms with Gasteiger partial charge in [0.2, 0.25) is 0 Å². The molecule has 1 N–H and O–H groups in total. The molecule has 1 aromatic carbocycles. The molecule has 0 bridgehead atoms. The normalized spacial score (nSPS) is 17.5. The van der Waals surface area contributed by atoms with Crippen LogP contribution in [0.15, 0.2) is 18.2 Å². The molecule has 5 heteroatoms. The number of carbonyl (C=O) groups is 1. The molecule has 1 atom stereocenters. The summed E-state index contributed by atoms with van der Waals surface area (Å²) in [5.41, 5.74) is 2.62. The van der Waals surface area contributed by atoms with E-state index < -0.39 is 6.10 Å². The van der Waals surface area contributed by atoms with Crippen LogP contribution in [0.3, 0.4) is 0 Å². The summed E-state index contributed by atoms with van der Waals surface area (Å²) in [7, 11) is 5.87. The third kappa shape index (κ3) is 3.19. The van der Waals surface area contributed by atoms with Crippen molar-refractivity contribution in [1.29, 1.82) is 0 Å². The first-order valence-electron chi connectivity index (χ1n) is 7.45. The van der Waals surface area contributed by atoms with Gasteiger partial charge in [0.05, 0.1) is 5.69 Å². The summed E-state index contributed by atoms with van der Waals surface area (Å²) in [6.45, 7) is 5.09. The number of benzene rings is 1. The van der Waals surface area contributed by atoms with Gasteiger partial charge in [-0.25, -0.2) is 0 Å². The van der Waals surface area contributed by atoms with Crippen LogP contribution in [0.4, 0.5) is 11.4 Å². The van der Waals surface area contributed by atoms with Gasteiger partial charge in [-0.1, -0.05) is 6.07 Å². The van der Waals surface area contributed by atoms with E-state index in [4.69, 9.17) is 0 Å². The number of fused-ring (bicyclic) bond motifs is 1. The summed E-state index contributed by atoms with van der Waals surface area (Å²) in [5.74, 6) is -0.252. The zero-order valence-corrected chi connectivity index (χ0v) is 13.3. The third-order valence-corrected chi connectivity index (χ3v) is 4.01. The number of likely N-dealkylation sites (N-methyl/N-ethyl adjacent to an activating group) is 1. The zero-order valence-electron chi connectivity index (χ0n) is 13.3. The van der Waals surface area contributed by atoms with Crippen LogP contribution >= 0.6 is 0 Å². The molecule has 0 saturated heterocycles. The number of aliphatic hydroxyl groups is 1. The van der Waals surface area contributed by atoms with Crippen molar-refractivity contribution in [3.05, 3.63) is 23.8 Å². The van der Waals surface area contributed by atoms with Gasteiger partial charge >= 0.3 is 0 Å². The highest BCUT2D eigenvalue weighted by molar-refractivity contribution is 6.03. The Morgan fingerprint density at radius 2 is 2.00 bits per heavy atom.